The van der Waals surface area contributed by atoms with Crippen LogP contribution in [-0.2, 0) is 16.6 Å². The normalized spacial score (nSPS) is 11.5. The van der Waals surface area contributed by atoms with Crippen molar-refractivity contribution >= 4 is 26.5 Å². The third-order valence-electron chi connectivity index (χ3n) is 4.81. The highest BCUT2D eigenvalue weighted by Gasteiger charge is 2.26. The molecule has 140 valence electrons. The Morgan fingerprint density at radius 2 is 1.36 bits per heavy atom. The van der Waals surface area contributed by atoms with Crippen molar-refractivity contribution in [2.24, 2.45) is 0 Å². The molecule has 0 saturated carbocycles. The lowest BCUT2D eigenvalue weighted by Gasteiger charge is -2.26. The molecule has 0 N–H and O–H groups in total. The summed E-state index contributed by atoms with van der Waals surface area (Å²) in [5, 5.41) is 1.92. The Kier molecular flexibility index (Phi) is 4.88. The Bertz CT molecular complexity index is 1200. The summed E-state index contributed by atoms with van der Waals surface area (Å²) >= 11 is 0. The highest BCUT2D eigenvalue weighted by atomic mass is 32.2. The zero-order chi connectivity index (χ0) is 19.6. The molecule has 0 fully saturated rings. The standard InChI is InChI=1S/C24H21NO2S/c1-19-14-16-22(17-15-19)28(26,27)25(18-20-8-3-2-4-9-20)24-13-7-11-21-10-5-6-12-23(21)24/h2-17H,18H2,1H3. The van der Waals surface area contributed by atoms with Gasteiger partial charge in [0, 0.05) is 5.39 Å². The molecule has 0 heterocycles. The molecular formula is C24H21NO2S. The lowest BCUT2D eigenvalue weighted by atomic mass is 10.1. The van der Waals surface area contributed by atoms with E-state index in [0.717, 1.165) is 21.9 Å². The fraction of sp³-hybridized carbons (Fsp3) is 0.0833. The van der Waals surface area contributed by atoms with Gasteiger partial charge in [-0.2, -0.15) is 0 Å². The van der Waals surface area contributed by atoms with Crippen molar-refractivity contribution in [1.82, 2.24) is 0 Å². The monoisotopic (exact) mass is 387 g/mol. The summed E-state index contributed by atoms with van der Waals surface area (Å²) in [4.78, 5) is 0.293. The molecule has 0 aliphatic heterocycles. The second kappa shape index (κ2) is 7.49. The van der Waals surface area contributed by atoms with Crippen LogP contribution in [0.4, 0.5) is 5.69 Å². The minimum Gasteiger partial charge on any atom is -0.261 e. The molecule has 0 saturated heterocycles. The van der Waals surface area contributed by atoms with E-state index < -0.39 is 10.0 Å². The molecule has 4 rings (SSSR count). The van der Waals surface area contributed by atoms with Crippen LogP contribution < -0.4 is 4.31 Å². The summed E-state index contributed by atoms with van der Waals surface area (Å²) in [7, 11) is -3.73. The quantitative estimate of drug-likeness (QED) is 0.451. The summed E-state index contributed by atoms with van der Waals surface area (Å²) in [6.45, 7) is 2.22. The topological polar surface area (TPSA) is 37.4 Å². The van der Waals surface area contributed by atoms with Crippen LogP contribution in [0.25, 0.3) is 10.8 Å². The molecule has 4 aromatic carbocycles. The number of benzene rings is 4. The van der Waals surface area contributed by atoms with Gasteiger partial charge in [-0.05, 0) is 36.1 Å². The van der Waals surface area contributed by atoms with Crippen LogP contribution >= 0.6 is 0 Å². The number of fused-ring (bicyclic) bond motifs is 1. The van der Waals surface area contributed by atoms with E-state index in [2.05, 4.69) is 0 Å². The molecule has 0 unspecified atom stereocenters. The molecular weight excluding hydrogens is 366 g/mol. The molecule has 0 atom stereocenters. The van der Waals surface area contributed by atoms with Gasteiger partial charge in [0.05, 0.1) is 17.1 Å². The Morgan fingerprint density at radius 1 is 0.714 bits per heavy atom. The van der Waals surface area contributed by atoms with E-state index in [1.54, 1.807) is 12.1 Å². The highest BCUT2D eigenvalue weighted by Crippen LogP contribution is 2.32. The van der Waals surface area contributed by atoms with Crippen LogP contribution in [0.3, 0.4) is 0 Å². The van der Waals surface area contributed by atoms with Crippen molar-refractivity contribution < 1.29 is 8.42 Å². The zero-order valence-corrected chi connectivity index (χ0v) is 16.4. The molecule has 0 bridgehead atoms. The number of sulfonamides is 1. The van der Waals surface area contributed by atoms with E-state index >= 15 is 0 Å². The van der Waals surface area contributed by atoms with Crippen molar-refractivity contribution in [1.29, 1.82) is 0 Å². The van der Waals surface area contributed by atoms with Gasteiger partial charge >= 0.3 is 0 Å². The van der Waals surface area contributed by atoms with E-state index in [0.29, 0.717) is 10.6 Å². The lowest BCUT2D eigenvalue weighted by Crippen LogP contribution is -2.30. The Balaban J connectivity index is 1.90. The third-order valence-corrected chi connectivity index (χ3v) is 6.59. The summed E-state index contributed by atoms with van der Waals surface area (Å²) in [6, 6.07) is 30.3. The third kappa shape index (κ3) is 3.51. The molecule has 0 aromatic heterocycles. The van der Waals surface area contributed by atoms with Crippen LogP contribution in [0.15, 0.2) is 102 Å². The minimum absolute atomic E-state index is 0.269. The molecule has 3 nitrogen and oxygen atoms in total. The van der Waals surface area contributed by atoms with Crippen LogP contribution in [-0.4, -0.2) is 8.42 Å². The molecule has 0 spiro atoms. The van der Waals surface area contributed by atoms with Crippen molar-refractivity contribution in [3.8, 4) is 0 Å². The summed E-state index contributed by atoms with van der Waals surface area (Å²) in [5.74, 6) is 0. The van der Waals surface area contributed by atoms with Gasteiger partial charge in [-0.25, -0.2) is 8.42 Å². The maximum Gasteiger partial charge on any atom is 0.264 e. The fourth-order valence-corrected chi connectivity index (χ4v) is 4.78. The molecule has 0 amide bonds. The largest absolute Gasteiger partial charge is 0.264 e. The van der Waals surface area contributed by atoms with Crippen molar-refractivity contribution in [3.05, 3.63) is 108 Å². The molecule has 0 radical (unpaired) electrons. The molecule has 0 aliphatic carbocycles. The van der Waals surface area contributed by atoms with Gasteiger partial charge in [0.1, 0.15) is 0 Å². The van der Waals surface area contributed by atoms with Crippen LogP contribution in [0.2, 0.25) is 0 Å². The van der Waals surface area contributed by atoms with Crippen LogP contribution in [0.1, 0.15) is 11.1 Å². The second-order valence-corrected chi connectivity index (χ2v) is 8.67. The van der Waals surface area contributed by atoms with E-state index in [9.17, 15) is 8.42 Å². The predicted molar refractivity (Wildman–Crippen MR) is 115 cm³/mol. The molecule has 4 aromatic rings. The van der Waals surface area contributed by atoms with Crippen molar-refractivity contribution in [2.45, 2.75) is 18.4 Å². The van der Waals surface area contributed by atoms with Gasteiger partial charge in [-0.1, -0.05) is 84.4 Å². The number of aryl methyl sites for hydroxylation is 1. The average Bonchev–Trinajstić information content (AvgIpc) is 2.73. The molecule has 4 heteroatoms. The number of nitrogens with zero attached hydrogens (tertiary/aromatic N) is 1. The zero-order valence-electron chi connectivity index (χ0n) is 15.6. The summed E-state index contributed by atoms with van der Waals surface area (Å²) in [6.07, 6.45) is 0. The van der Waals surface area contributed by atoms with Crippen molar-refractivity contribution in [3.63, 3.8) is 0 Å². The fourth-order valence-electron chi connectivity index (χ4n) is 3.31. The van der Waals surface area contributed by atoms with Gasteiger partial charge in [-0.3, -0.25) is 4.31 Å². The van der Waals surface area contributed by atoms with E-state index in [-0.39, 0.29) is 6.54 Å². The first-order valence-corrected chi connectivity index (χ1v) is 10.6. The maximum absolute atomic E-state index is 13.6. The average molecular weight is 388 g/mol. The highest BCUT2D eigenvalue weighted by molar-refractivity contribution is 7.92. The SMILES string of the molecule is Cc1ccc(S(=O)(=O)N(Cc2ccccc2)c2cccc3ccccc23)cc1. The Hall–Kier alpha value is -3.11. The van der Waals surface area contributed by atoms with E-state index in [1.165, 1.54) is 4.31 Å². The minimum atomic E-state index is -3.73. The predicted octanol–water partition coefficient (Wildman–Crippen LogP) is 5.54. The number of anilines is 1. The lowest BCUT2D eigenvalue weighted by molar-refractivity contribution is 0.590. The Labute approximate surface area is 165 Å². The van der Waals surface area contributed by atoms with Gasteiger partial charge in [0.25, 0.3) is 10.0 Å². The van der Waals surface area contributed by atoms with Crippen molar-refractivity contribution in [2.75, 3.05) is 4.31 Å². The van der Waals surface area contributed by atoms with Crippen LogP contribution in [0.5, 0.6) is 0 Å². The van der Waals surface area contributed by atoms with E-state index in [4.69, 9.17) is 0 Å². The summed E-state index contributed by atoms with van der Waals surface area (Å²) < 4.78 is 28.7. The first kappa shape index (κ1) is 18.3. The summed E-state index contributed by atoms with van der Waals surface area (Å²) in [5.41, 5.74) is 2.65. The Morgan fingerprint density at radius 3 is 2.11 bits per heavy atom. The number of rotatable bonds is 5. The van der Waals surface area contributed by atoms with E-state index in [1.807, 2.05) is 91.9 Å². The first-order chi connectivity index (χ1) is 13.6. The van der Waals surface area contributed by atoms with Gasteiger partial charge < -0.3 is 0 Å². The molecule has 0 aliphatic rings. The number of hydrogen-bond acceptors (Lipinski definition) is 2. The van der Waals surface area contributed by atoms with Gasteiger partial charge in [0.2, 0.25) is 0 Å². The van der Waals surface area contributed by atoms with Gasteiger partial charge in [0.15, 0.2) is 0 Å². The number of hydrogen-bond donors (Lipinski definition) is 0. The smallest absolute Gasteiger partial charge is 0.261 e. The molecule has 28 heavy (non-hydrogen) atoms. The van der Waals surface area contributed by atoms with Gasteiger partial charge in [-0.15, -0.1) is 0 Å². The maximum atomic E-state index is 13.6. The van der Waals surface area contributed by atoms with Crippen LogP contribution in [0, 0.1) is 6.92 Å². The first-order valence-electron chi connectivity index (χ1n) is 9.17. The second-order valence-electron chi connectivity index (χ2n) is 6.81.